The third-order valence-corrected chi connectivity index (χ3v) is 6.14. The summed E-state index contributed by atoms with van der Waals surface area (Å²) in [4.78, 5) is 31.8. The van der Waals surface area contributed by atoms with Crippen molar-refractivity contribution >= 4 is 11.8 Å². The Morgan fingerprint density at radius 1 is 0.875 bits per heavy atom. The summed E-state index contributed by atoms with van der Waals surface area (Å²) in [6.45, 7) is 7.96. The average Bonchev–Trinajstić information content (AvgIpc) is 2.84. The zero-order valence-corrected chi connectivity index (χ0v) is 18.8. The van der Waals surface area contributed by atoms with Crippen LogP contribution in [0.4, 0.5) is 0 Å². The number of hydrogen-bond acceptors (Lipinski definition) is 5. The van der Waals surface area contributed by atoms with E-state index in [1.54, 1.807) is 0 Å². The largest absolute Gasteiger partial charge is 0.379 e. The van der Waals surface area contributed by atoms with Gasteiger partial charge < -0.3 is 19.9 Å². The van der Waals surface area contributed by atoms with Crippen molar-refractivity contribution in [3.63, 3.8) is 0 Å². The highest BCUT2D eigenvalue weighted by Gasteiger charge is 2.20. The van der Waals surface area contributed by atoms with Crippen molar-refractivity contribution in [2.45, 2.75) is 13.1 Å². The molecule has 2 aliphatic rings. The molecule has 0 radical (unpaired) electrons. The van der Waals surface area contributed by atoms with E-state index in [9.17, 15) is 9.59 Å². The Morgan fingerprint density at radius 3 is 2.31 bits per heavy atom. The molecule has 0 aromatic heterocycles. The summed E-state index contributed by atoms with van der Waals surface area (Å²) in [5.41, 5.74) is 3.46. The van der Waals surface area contributed by atoms with Crippen LogP contribution in [0.1, 0.15) is 31.8 Å². The second kappa shape index (κ2) is 10.7. The molecule has 1 N–H and O–H groups in total. The lowest BCUT2D eigenvalue weighted by molar-refractivity contribution is 0.0342. The molecule has 0 saturated carbocycles. The fraction of sp³-hybridized carbons (Fsp3) is 0.440. The van der Waals surface area contributed by atoms with Gasteiger partial charge in [0.2, 0.25) is 0 Å². The number of carbonyl (C=O) groups is 2. The molecular formula is C25H32N4O3. The fourth-order valence-corrected chi connectivity index (χ4v) is 4.07. The molecule has 0 aliphatic carbocycles. The van der Waals surface area contributed by atoms with Gasteiger partial charge in [-0.2, -0.15) is 0 Å². The highest BCUT2D eigenvalue weighted by Crippen LogP contribution is 2.12. The maximum atomic E-state index is 12.7. The van der Waals surface area contributed by atoms with Crippen LogP contribution in [0.5, 0.6) is 0 Å². The minimum Gasteiger partial charge on any atom is -0.379 e. The van der Waals surface area contributed by atoms with Crippen LogP contribution >= 0.6 is 0 Å². The topological polar surface area (TPSA) is 65.1 Å². The van der Waals surface area contributed by atoms with Crippen molar-refractivity contribution in [1.29, 1.82) is 0 Å². The molecule has 0 spiro atoms. The Balaban J connectivity index is 1.29. The van der Waals surface area contributed by atoms with Crippen LogP contribution in [0.3, 0.4) is 0 Å². The summed E-state index contributed by atoms with van der Waals surface area (Å²) < 4.78 is 5.40. The van der Waals surface area contributed by atoms with Crippen LogP contribution in [-0.4, -0.2) is 86.0 Å². The molecule has 170 valence electrons. The maximum Gasteiger partial charge on any atom is 0.253 e. The Bertz CT molecular complexity index is 917. The van der Waals surface area contributed by atoms with Gasteiger partial charge in [0.25, 0.3) is 11.8 Å². The van der Waals surface area contributed by atoms with E-state index in [0.717, 1.165) is 70.2 Å². The van der Waals surface area contributed by atoms with E-state index >= 15 is 0 Å². The Labute approximate surface area is 189 Å². The van der Waals surface area contributed by atoms with Gasteiger partial charge in [-0.3, -0.25) is 14.5 Å². The van der Waals surface area contributed by atoms with Crippen molar-refractivity contribution in [3.8, 4) is 0 Å². The highest BCUT2D eigenvalue weighted by molar-refractivity contribution is 5.95. The molecule has 2 aromatic carbocycles. The number of likely N-dealkylation sites (N-methyl/N-ethyl adjacent to an activating group) is 1. The van der Waals surface area contributed by atoms with Gasteiger partial charge in [-0.25, -0.2) is 0 Å². The monoisotopic (exact) mass is 436 g/mol. The standard InChI is InChI=1S/C25H32N4O3/c1-27-9-11-29(12-10-27)25(31)22-7-5-20(6-8-22)18-26-24(30)23-4-2-3-21(17-23)19-28-13-15-32-16-14-28/h2-8,17H,9-16,18-19H2,1H3,(H,26,30). The van der Waals surface area contributed by atoms with Crippen molar-refractivity contribution in [1.82, 2.24) is 20.0 Å². The number of nitrogens with one attached hydrogen (secondary N) is 1. The Hall–Kier alpha value is -2.74. The van der Waals surface area contributed by atoms with E-state index in [4.69, 9.17) is 4.74 Å². The molecule has 2 aromatic rings. The molecular weight excluding hydrogens is 404 g/mol. The molecule has 2 amide bonds. The van der Waals surface area contributed by atoms with Gasteiger partial charge in [0.15, 0.2) is 0 Å². The Morgan fingerprint density at radius 2 is 1.59 bits per heavy atom. The quantitative estimate of drug-likeness (QED) is 0.749. The highest BCUT2D eigenvalue weighted by atomic mass is 16.5. The van der Waals surface area contributed by atoms with Crippen LogP contribution < -0.4 is 5.32 Å². The van der Waals surface area contributed by atoms with Crippen LogP contribution in [0, 0.1) is 0 Å². The van der Waals surface area contributed by atoms with Crippen LogP contribution in [0.15, 0.2) is 48.5 Å². The van der Waals surface area contributed by atoms with Gasteiger partial charge in [0.05, 0.1) is 13.2 Å². The molecule has 7 heteroatoms. The zero-order valence-electron chi connectivity index (χ0n) is 18.8. The van der Waals surface area contributed by atoms with E-state index in [-0.39, 0.29) is 11.8 Å². The lowest BCUT2D eigenvalue weighted by Gasteiger charge is -2.32. The summed E-state index contributed by atoms with van der Waals surface area (Å²) in [5.74, 6) is -0.0165. The first kappa shape index (κ1) is 22.5. The van der Waals surface area contributed by atoms with E-state index < -0.39 is 0 Å². The van der Waals surface area contributed by atoms with Crippen molar-refractivity contribution in [2.24, 2.45) is 0 Å². The van der Waals surface area contributed by atoms with Gasteiger partial charge in [-0.05, 0) is 42.4 Å². The van der Waals surface area contributed by atoms with Crippen molar-refractivity contribution in [3.05, 3.63) is 70.8 Å². The lowest BCUT2D eigenvalue weighted by Crippen LogP contribution is -2.47. The Kier molecular flexibility index (Phi) is 7.52. The molecule has 0 atom stereocenters. The molecule has 2 fully saturated rings. The van der Waals surface area contributed by atoms with E-state index in [1.165, 1.54) is 0 Å². The molecule has 2 heterocycles. The first-order valence-electron chi connectivity index (χ1n) is 11.3. The molecule has 32 heavy (non-hydrogen) atoms. The number of ether oxygens (including phenoxy) is 1. The predicted molar refractivity (Wildman–Crippen MR) is 124 cm³/mol. The van der Waals surface area contributed by atoms with Crippen LogP contribution in [0.25, 0.3) is 0 Å². The lowest BCUT2D eigenvalue weighted by atomic mass is 10.1. The third-order valence-electron chi connectivity index (χ3n) is 6.14. The van der Waals surface area contributed by atoms with Crippen LogP contribution in [-0.2, 0) is 17.8 Å². The molecule has 0 unspecified atom stereocenters. The first-order chi connectivity index (χ1) is 15.6. The summed E-state index contributed by atoms with van der Waals surface area (Å²) in [6.07, 6.45) is 0. The summed E-state index contributed by atoms with van der Waals surface area (Å²) in [7, 11) is 2.07. The number of piperazine rings is 1. The van der Waals surface area contributed by atoms with Gasteiger partial charge >= 0.3 is 0 Å². The summed E-state index contributed by atoms with van der Waals surface area (Å²) in [6, 6.07) is 15.3. The number of morpholine rings is 1. The number of amides is 2. The van der Waals surface area contributed by atoms with Gasteiger partial charge in [-0.15, -0.1) is 0 Å². The number of nitrogens with zero attached hydrogens (tertiary/aromatic N) is 3. The summed E-state index contributed by atoms with van der Waals surface area (Å²) >= 11 is 0. The van der Waals surface area contributed by atoms with Gasteiger partial charge in [0, 0.05) is 63.5 Å². The normalized spacial score (nSPS) is 17.8. The van der Waals surface area contributed by atoms with Crippen molar-refractivity contribution in [2.75, 3.05) is 59.5 Å². The number of rotatable bonds is 6. The predicted octanol–water partition coefficient (Wildman–Crippen LogP) is 1.84. The van der Waals surface area contributed by atoms with Gasteiger partial charge in [-0.1, -0.05) is 24.3 Å². The number of hydrogen-bond donors (Lipinski definition) is 1. The number of benzene rings is 2. The third kappa shape index (κ3) is 5.94. The number of carbonyl (C=O) groups excluding carboxylic acids is 2. The van der Waals surface area contributed by atoms with Gasteiger partial charge in [0.1, 0.15) is 0 Å². The van der Waals surface area contributed by atoms with E-state index in [0.29, 0.717) is 17.7 Å². The second-order valence-corrected chi connectivity index (χ2v) is 8.56. The minimum absolute atomic E-state index is 0.0748. The zero-order chi connectivity index (χ0) is 22.3. The minimum atomic E-state index is -0.0913. The molecule has 0 bridgehead atoms. The molecule has 2 aliphatic heterocycles. The average molecular weight is 437 g/mol. The van der Waals surface area contributed by atoms with Crippen molar-refractivity contribution < 1.29 is 14.3 Å². The van der Waals surface area contributed by atoms with E-state index in [1.807, 2.05) is 47.4 Å². The first-order valence-corrected chi connectivity index (χ1v) is 11.3. The molecule has 7 nitrogen and oxygen atoms in total. The molecule has 4 rings (SSSR count). The molecule has 2 saturated heterocycles. The summed E-state index contributed by atoms with van der Waals surface area (Å²) in [5, 5.41) is 2.99. The smallest absolute Gasteiger partial charge is 0.253 e. The maximum absolute atomic E-state index is 12.7. The SMILES string of the molecule is CN1CCN(C(=O)c2ccc(CNC(=O)c3cccc(CN4CCOCC4)c3)cc2)CC1. The second-order valence-electron chi connectivity index (χ2n) is 8.56. The van der Waals surface area contributed by atoms with Crippen LogP contribution in [0.2, 0.25) is 0 Å². The van der Waals surface area contributed by atoms with E-state index in [2.05, 4.69) is 28.2 Å². The fourth-order valence-electron chi connectivity index (χ4n) is 4.07.